The summed E-state index contributed by atoms with van der Waals surface area (Å²) in [6.45, 7) is 6.43. The minimum absolute atomic E-state index is 0.00473. The summed E-state index contributed by atoms with van der Waals surface area (Å²) in [7, 11) is 0. The molecular weight excluding hydrogens is 1070 g/mol. The summed E-state index contributed by atoms with van der Waals surface area (Å²) in [4.78, 5) is 114. The standard InChI is InChI=1S/C61H81N9O9S2/c1-4-79-46-27-25-43(26-28-46)35-47(65-53(72)37-61(29-15-8-16-30-61)81-39-45-22-13-7-14-23-45)55(73)66-48(34-42-18-9-5-10-19-42)57(75)69-54(41(2)3)59(77)67-49(36-52(63)71)56(74)68-50(40-80-38-44-20-11-6-12-21-44)60(78)70-33-17-24-51(70)58(76)64-32-31-62/h5-7,9-14,18-23,25-28,41,47-51,54H,4,8,15-17,24,29-40,62H2,1-3H3,(H2,63,71)(H,64,76)(H,65,72)(H,66,73)(H,67,77)(H,68,74)(H,69,75)/t47-,48+,49+,50+,51+,54+/m1/s1. The monoisotopic (exact) mass is 1150 g/mol. The molecule has 2 aliphatic rings. The highest BCUT2D eigenvalue weighted by atomic mass is 32.2. The van der Waals surface area contributed by atoms with Crippen LogP contribution in [0.1, 0.15) is 101 Å². The number of rotatable bonds is 31. The lowest BCUT2D eigenvalue weighted by atomic mass is 9.85. The second-order valence-electron chi connectivity index (χ2n) is 21.1. The maximum atomic E-state index is 14.8. The third-order valence-corrected chi connectivity index (χ3v) is 17.2. The third-order valence-electron chi connectivity index (χ3n) is 14.5. The largest absolute Gasteiger partial charge is 0.494 e. The molecule has 436 valence electrons. The molecule has 8 amide bonds. The fraction of sp³-hybridized carbons (Fsp3) is 0.475. The van der Waals surface area contributed by atoms with E-state index >= 15 is 0 Å². The molecule has 0 radical (unpaired) electrons. The van der Waals surface area contributed by atoms with Crippen molar-refractivity contribution in [2.75, 3.05) is 32.0 Å². The molecule has 0 unspecified atom stereocenters. The Hall–Kier alpha value is -6.90. The summed E-state index contributed by atoms with van der Waals surface area (Å²) in [5.41, 5.74) is 14.9. The minimum Gasteiger partial charge on any atom is -0.494 e. The number of hydrogen-bond acceptors (Lipinski definition) is 12. The van der Waals surface area contributed by atoms with Crippen molar-refractivity contribution in [2.45, 2.75) is 144 Å². The van der Waals surface area contributed by atoms with Gasteiger partial charge in [0, 0.05) is 60.9 Å². The molecule has 1 heterocycles. The number of benzene rings is 4. The van der Waals surface area contributed by atoms with E-state index in [2.05, 4.69) is 44.0 Å². The van der Waals surface area contributed by atoms with Gasteiger partial charge < -0.3 is 53.0 Å². The van der Waals surface area contributed by atoms with Gasteiger partial charge in [-0.25, -0.2) is 0 Å². The predicted octanol–water partition coefficient (Wildman–Crippen LogP) is 4.85. The quantitative estimate of drug-likeness (QED) is 0.0336. The second kappa shape index (κ2) is 32.5. The average Bonchev–Trinajstić information content (AvgIpc) is 3.97. The SMILES string of the molecule is CCOc1ccc(C[C@@H](NC(=O)CC2(SCc3ccccc3)CCCCC2)C(=O)N[C@@H](Cc2ccccc2)C(=O)N[C@H](C(=O)N[C@@H](CC(N)=O)C(=O)N[C@@H](CSCc2ccccc2)C(=O)N2CCC[C@H]2C(=O)NCCN)C(C)C)cc1. The molecule has 1 aliphatic carbocycles. The van der Waals surface area contributed by atoms with Crippen LogP contribution in [0, 0.1) is 5.92 Å². The molecule has 0 spiro atoms. The molecule has 0 aromatic heterocycles. The third kappa shape index (κ3) is 20.2. The van der Waals surface area contributed by atoms with Gasteiger partial charge in [0.25, 0.3) is 0 Å². The van der Waals surface area contributed by atoms with Crippen molar-refractivity contribution in [3.63, 3.8) is 0 Å². The van der Waals surface area contributed by atoms with Crippen LogP contribution in [0.4, 0.5) is 0 Å². The van der Waals surface area contributed by atoms with Gasteiger partial charge in [-0.05, 0) is 72.9 Å². The topological polar surface area (TPSA) is 273 Å². The van der Waals surface area contributed by atoms with Crippen molar-refractivity contribution in [2.24, 2.45) is 17.4 Å². The molecule has 10 N–H and O–H groups in total. The number of thioether (sulfide) groups is 2. The minimum atomic E-state index is -1.58. The van der Waals surface area contributed by atoms with Crippen LogP contribution in [0.25, 0.3) is 0 Å². The van der Waals surface area contributed by atoms with E-state index in [0.29, 0.717) is 36.5 Å². The summed E-state index contributed by atoms with van der Waals surface area (Å²) in [5, 5.41) is 16.9. The molecule has 20 heteroatoms. The molecule has 6 rings (SSSR count). The molecule has 6 atom stereocenters. The normalized spacial score (nSPS) is 16.6. The summed E-state index contributed by atoms with van der Waals surface area (Å²) in [6.07, 6.45) is 5.39. The highest BCUT2D eigenvalue weighted by Crippen LogP contribution is 2.44. The molecule has 81 heavy (non-hydrogen) atoms. The zero-order valence-electron chi connectivity index (χ0n) is 46.8. The Labute approximate surface area is 484 Å². The van der Waals surface area contributed by atoms with Crippen LogP contribution >= 0.6 is 23.5 Å². The van der Waals surface area contributed by atoms with E-state index in [1.54, 1.807) is 62.0 Å². The van der Waals surface area contributed by atoms with Gasteiger partial charge in [-0.1, -0.05) is 136 Å². The number of amides is 8. The van der Waals surface area contributed by atoms with Gasteiger partial charge in [0.2, 0.25) is 47.3 Å². The van der Waals surface area contributed by atoms with E-state index in [-0.39, 0.29) is 61.2 Å². The van der Waals surface area contributed by atoms with Gasteiger partial charge in [0.05, 0.1) is 13.0 Å². The van der Waals surface area contributed by atoms with Gasteiger partial charge in [-0.15, -0.1) is 11.8 Å². The van der Waals surface area contributed by atoms with E-state index in [9.17, 15) is 38.4 Å². The zero-order chi connectivity index (χ0) is 58.2. The van der Waals surface area contributed by atoms with Crippen molar-refractivity contribution >= 4 is 70.8 Å². The number of carbonyl (C=O) groups is 8. The molecule has 18 nitrogen and oxygen atoms in total. The highest BCUT2D eigenvalue weighted by Gasteiger charge is 2.40. The Morgan fingerprint density at radius 2 is 1.19 bits per heavy atom. The number of likely N-dealkylation sites (tertiary alicyclic amines) is 1. The predicted molar refractivity (Wildman–Crippen MR) is 317 cm³/mol. The number of hydrogen-bond donors (Lipinski definition) is 8. The van der Waals surface area contributed by atoms with Gasteiger partial charge in [-0.2, -0.15) is 11.8 Å². The maximum absolute atomic E-state index is 14.8. The van der Waals surface area contributed by atoms with E-state index in [1.807, 2.05) is 73.7 Å². The zero-order valence-corrected chi connectivity index (χ0v) is 48.5. The van der Waals surface area contributed by atoms with Crippen LogP contribution in [-0.2, 0) is 62.7 Å². The number of nitrogens with one attached hydrogen (secondary N) is 6. The maximum Gasteiger partial charge on any atom is 0.246 e. The molecule has 1 saturated heterocycles. The van der Waals surface area contributed by atoms with Crippen LogP contribution < -0.4 is 48.1 Å². The number of nitrogens with zero attached hydrogens (tertiary/aromatic N) is 1. The number of ether oxygens (including phenoxy) is 1. The van der Waals surface area contributed by atoms with Crippen molar-refractivity contribution in [1.82, 2.24) is 36.8 Å². The summed E-state index contributed by atoms with van der Waals surface area (Å²) >= 11 is 3.16. The first kappa shape index (κ1) is 63.3. The van der Waals surface area contributed by atoms with Crippen molar-refractivity contribution < 1.29 is 43.1 Å². The summed E-state index contributed by atoms with van der Waals surface area (Å²) < 4.78 is 5.34. The van der Waals surface area contributed by atoms with E-state index in [4.69, 9.17) is 16.2 Å². The lowest BCUT2D eigenvalue weighted by Gasteiger charge is -2.37. The van der Waals surface area contributed by atoms with Crippen LogP contribution in [0.5, 0.6) is 5.75 Å². The van der Waals surface area contributed by atoms with Gasteiger partial charge in [0.1, 0.15) is 42.0 Å². The molecule has 4 aromatic carbocycles. The molecule has 1 saturated carbocycles. The summed E-state index contributed by atoms with van der Waals surface area (Å²) in [6, 6.07) is 28.7. The lowest BCUT2D eigenvalue weighted by Crippen LogP contribution is -2.61. The highest BCUT2D eigenvalue weighted by molar-refractivity contribution is 8.00. The van der Waals surface area contributed by atoms with Crippen LogP contribution in [0.3, 0.4) is 0 Å². The van der Waals surface area contributed by atoms with Crippen molar-refractivity contribution in [3.05, 3.63) is 138 Å². The van der Waals surface area contributed by atoms with E-state index in [1.165, 1.54) is 16.7 Å². The van der Waals surface area contributed by atoms with E-state index < -0.39 is 84.0 Å². The van der Waals surface area contributed by atoms with Crippen LogP contribution in [-0.4, -0.2) is 125 Å². The summed E-state index contributed by atoms with van der Waals surface area (Å²) in [5.74, 6) is -3.75. The number of nitrogens with two attached hydrogens (primary N) is 2. The Balaban J connectivity index is 1.21. The Morgan fingerprint density at radius 1 is 0.642 bits per heavy atom. The Bertz CT molecular complexity index is 2680. The smallest absolute Gasteiger partial charge is 0.246 e. The van der Waals surface area contributed by atoms with Crippen LogP contribution in [0.15, 0.2) is 115 Å². The van der Waals surface area contributed by atoms with Crippen molar-refractivity contribution in [3.8, 4) is 5.75 Å². The molecule has 0 bridgehead atoms. The molecule has 2 fully saturated rings. The average molecular weight is 1150 g/mol. The number of primary amides is 1. The first-order valence-corrected chi connectivity index (χ1v) is 30.3. The number of carbonyl (C=O) groups excluding carboxylic acids is 8. The first-order chi connectivity index (χ1) is 39.1. The van der Waals surface area contributed by atoms with Crippen molar-refractivity contribution in [1.29, 1.82) is 0 Å². The Kier molecular flexibility index (Phi) is 25.4. The molecule has 4 aromatic rings. The first-order valence-electron chi connectivity index (χ1n) is 28.2. The molecule has 1 aliphatic heterocycles. The van der Waals surface area contributed by atoms with Gasteiger partial charge in [0.15, 0.2) is 0 Å². The second-order valence-corrected chi connectivity index (χ2v) is 23.6. The van der Waals surface area contributed by atoms with Gasteiger partial charge >= 0.3 is 0 Å². The van der Waals surface area contributed by atoms with Gasteiger partial charge in [-0.3, -0.25) is 38.4 Å². The lowest BCUT2D eigenvalue weighted by molar-refractivity contribution is -0.141. The Morgan fingerprint density at radius 3 is 1.78 bits per heavy atom. The molecular formula is C61H81N9O9S2. The fourth-order valence-corrected chi connectivity index (χ4v) is 12.7. The van der Waals surface area contributed by atoms with E-state index in [0.717, 1.165) is 54.5 Å². The van der Waals surface area contributed by atoms with Crippen LogP contribution in [0.2, 0.25) is 0 Å². The fourth-order valence-electron chi connectivity index (χ4n) is 10.2.